The highest BCUT2D eigenvalue weighted by Gasteiger charge is 2.45. The Morgan fingerprint density at radius 3 is 2.27 bits per heavy atom. The van der Waals surface area contributed by atoms with Crippen LogP contribution in [0.4, 0.5) is 0 Å². The Morgan fingerprint density at radius 2 is 1.70 bits per heavy atom. The van der Waals surface area contributed by atoms with Crippen molar-refractivity contribution in [2.45, 2.75) is 40.7 Å². The molecule has 6 nitrogen and oxygen atoms in total. The first-order valence-corrected chi connectivity index (χ1v) is 11.6. The highest BCUT2D eigenvalue weighted by Crippen LogP contribution is 2.39. The Hall–Kier alpha value is -3.12. The van der Waals surface area contributed by atoms with E-state index < -0.39 is 17.7 Å². The van der Waals surface area contributed by atoms with Crippen molar-refractivity contribution in [2.24, 2.45) is 0 Å². The van der Waals surface area contributed by atoms with Crippen LogP contribution in [-0.4, -0.2) is 59.4 Å². The normalized spacial score (nSPS) is 17.8. The third-order valence-electron chi connectivity index (χ3n) is 6.23. The number of rotatable bonds is 9. The molecule has 1 saturated heterocycles. The summed E-state index contributed by atoms with van der Waals surface area (Å²) in [5.74, 6) is -0.652. The van der Waals surface area contributed by atoms with Gasteiger partial charge in [-0.2, -0.15) is 0 Å². The van der Waals surface area contributed by atoms with E-state index in [4.69, 9.17) is 4.74 Å². The van der Waals surface area contributed by atoms with E-state index >= 15 is 0 Å². The quantitative estimate of drug-likeness (QED) is 0.347. The number of hydrogen-bond acceptors (Lipinski definition) is 5. The van der Waals surface area contributed by atoms with Crippen LogP contribution < -0.4 is 4.74 Å². The molecule has 6 heteroatoms. The summed E-state index contributed by atoms with van der Waals surface area (Å²) in [5.41, 5.74) is 3.37. The maximum Gasteiger partial charge on any atom is 0.295 e. The molecule has 1 heterocycles. The summed E-state index contributed by atoms with van der Waals surface area (Å²) in [4.78, 5) is 30.1. The van der Waals surface area contributed by atoms with Gasteiger partial charge in [0.2, 0.25) is 0 Å². The molecule has 0 spiro atoms. The van der Waals surface area contributed by atoms with E-state index in [1.807, 2.05) is 45.0 Å². The van der Waals surface area contributed by atoms with Gasteiger partial charge in [0.15, 0.2) is 0 Å². The lowest BCUT2D eigenvalue weighted by atomic mass is 9.94. The number of likely N-dealkylation sites (tertiary alicyclic amines) is 1. The molecule has 1 N–H and O–H groups in total. The van der Waals surface area contributed by atoms with Crippen LogP contribution in [0.5, 0.6) is 5.75 Å². The summed E-state index contributed by atoms with van der Waals surface area (Å²) in [6.45, 7) is 13.3. The number of amides is 1. The standard InChI is InChI=1S/C27H34N2O4/c1-6-28(7-2)15-16-29-24(20-11-9-18(4)10-12-20)23(26(31)27(29)32)25(30)21-13-14-22(33-8-3)19(5)17-21/h9-14,17,24,30H,6-8,15-16H2,1-5H3/t24-/m1/s1. The number of ether oxygens (including phenoxy) is 1. The highest BCUT2D eigenvalue weighted by molar-refractivity contribution is 6.46. The van der Waals surface area contributed by atoms with E-state index in [9.17, 15) is 14.7 Å². The third kappa shape index (κ3) is 5.11. The summed E-state index contributed by atoms with van der Waals surface area (Å²) in [6.07, 6.45) is 0. The summed E-state index contributed by atoms with van der Waals surface area (Å²) in [6, 6.07) is 12.4. The van der Waals surface area contributed by atoms with Crippen molar-refractivity contribution in [3.63, 3.8) is 0 Å². The van der Waals surface area contributed by atoms with Gasteiger partial charge in [-0.1, -0.05) is 43.7 Å². The number of nitrogens with zero attached hydrogens (tertiary/aromatic N) is 2. The van der Waals surface area contributed by atoms with Crippen molar-refractivity contribution in [2.75, 3.05) is 32.8 Å². The average Bonchev–Trinajstić information content (AvgIpc) is 3.06. The molecular weight excluding hydrogens is 416 g/mol. The summed E-state index contributed by atoms with van der Waals surface area (Å²) in [5, 5.41) is 11.3. The first-order chi connectivity index (χ1) is 15.8. The molecule has 3 rings (SSSR count). The largest absolute Gasteiger partial charge is 0.507 e. The first kappa shape index (κ1) is 24.5. The zero-order valence-corrected chi connectivity index (χ0v) is 20.2. The molecule has 0 aliphatic carbocycles. The summed E-state index contributed by atoms with van der Waals surface area (Å²) in [7, 11) is 0. The second kappa shape index (κ2) is 10.7. The van der Waals surface area contributed by atoms with Crippen molar-refractivity contribution in [3.8, 4) is 5.75 Å². The van der Waals surface area contributed by atoms with Gasteiger partial charge in [0.1, 0.15) is 11.5 Å². The minimum atomic E-state index is -0.649. The van der Waals surface area contributed by atoms with Crippen LogP contribution in [0.3, 0.4) is 0 Å². The predicted octanol–water partition coefficient (Wildman–Crippen LogP) is 4.47. The number of carbonyl (C=O) groups excluding carboxylic acids is 2. The lowest BCUT2D eigenvalue weighted by Crippen LogP contribution is -2.38. The van der Waals surface area contributed by atoms with Crippen LogP contribution in [0.1, 0.15) is 49.1 Å². The Balaban J connectivity index is 2.09. The molecule has 176 valence electrons. The summed E-state index contributed by atoms with van der Waals surface area (Å²) >= 11 is 0. The number of benzene rings is 2. The maximum absolute atomic E-state index is 13.2. The van der Waals surface area contributed by atoms with Gasteiger partial charge >= 0.3 is 0 Å². The smallest absolute Gasteiger partial charge is 0.295 e. The van der Waals surface area contributed by atoms with E-state index in [1.165, 1.54) is 0 Å². The van der Waals surface area contributed by atoms with Gasteiger partial charge in [-0.3, -0.25) is 9.59 Å². The van der Waals surface area contributed by atoms with Gasteiger partial charge in [0.25, 0.3) is 11.7 Å². The van der Waals surface area contributed by atoms with E-state index in [0.29, 0.717) is 25.3 Å². The molecule has 1 atom stereocenters. The number of likely N-dealkylation sites (N-methyl/N-ethyl adjacent to an activating group) is 1. The first-order valence-electron chi connectivity index (χ1n) is 11.6. The van der Waals surface area contributed by atoms with Crippen LogP contribution in [-0.2, 0) is 9.59 Å². The van der Waals surface area contributed by atoms with Crippen molar-refractivity contribution >= 4 is 17.4 Å². The number of Topliss-reactive ketones (excluding diaryl/α,β-unsaturated/α-hetero) is 1. The van der Waals surface area contributed by atoms with Crippen LogP contribution in [0.2, 0.25) is 0 Å². The molecule has 1 fully saturated rings. The minimum absolute atomic E-state index is 0.131. The van der Waals surface area contributed by atoms with E-state index in [1.54, 1.807) is 23.1 Å². The van der Waals surface area contributed by atoms with E-state index in [-0.39, 0.29) is 11.3 Å². The maximum atomic E-state index is 13.2. The molecule has 0 unspecified atom stereocenters. The lowest BCUT2D eigenvalue weighted by Gasteiger charge is -2.28. The molecule has 0 saturated carbocycles. The monoisotopic (exact) mass is 450 g/mol. The number of aliphatic hydroxyl groups excluding tert-OH is 1. The SMILES string of the molecule is CCOc1ccc(C(O)=C2C(=O)C(=O)N(CCN(CC)CC)[C@@H]2c2ccc(C)cc2)cc1C. The van der Waals surface area contributed by atoms with Crippen molar-refractivity contribution < 1.29 is 19.4 Å². The van der Waals surface area contributed by atoms with Crippen LogP contribution in [0.25, 0.3) is 5.76 Å². The second-order valence-electron chi connectivity index (χ2n) is 8.34. The van der Waals surface area contributed by atoms with Crippen LogP contribution in [0, 0.1) is 13.8 Å². The van der Waals surface area contributed by atoms with Gasteiger partial charge < -0.3 is 19.6 Å². The number of aryl methyl sites for hydroxylation is 2. The predicted molar refractivity (Wildman–Crippen MR) is 130 cm³/mol. The third-order valence-corrected chi connectivity index (χ3v) is 6.23. The van der Waals surface area contributed by atoms with E-state index in [2.05, 4.69) is 18.7 Å². The minimum Gasteiger partial charge on any atom is -0.507 e. The Kier molecular flexibility index (Phi) is 7.92. The Morgan fingerprint density at radius 1 is 1.03 bits per heavy atom. The van der Waals surface area contributed by atoms with Crippen LogP contribution >= 0.6 is 0 Å². The molecular formula is C27H34N2O4. The molecule has 2 aromatic carbocycles. The zero-order chi connectivity index (χ0) is 24.1. The van der Waals surface area contributed by atoms with Crippen LogP contribution in [0.15, 0.2) is 48.0 Å². The second-order valence-corrected chi connectivity index (χ2v) is 8.34. The molecule has 0 radical (unpaired) electrons. The van der Waals surface area contributed by atoms with Crippen molar-refractivity contribution in [1.82, 2.24) is 9.80 Å². The molecule has 1 amide bonds. The topological polar surface area (TPSA) is 70.1 Å². The number of hydrogen-bond donors (Lipinski definition) is 1. The number of carbonyl (C=O) groups is 2. The molecule has 1 aliphatic rings. The average molecular weight is 451 g/mol. The van der Waals surface area contributed by atoms with Gasteiger partial charge in [-0.25, -0.2) is 0 Å². The van der Waals surface area contributed by atoms with Gasteiger partial charge in [0, 0.05) is 18.7 Å². The van der Waals surface area contributed by atoms with E-state index in [0.717, 1.165) is 35.5 Å². The zero-order valence-electron chi connectivity index (χ0n) is 20.2. The molecule has 1 aliphatic heterocycles. The molecule has 2 aromatic rings. The lowest BCUT2D eigenvalue weighted by molar-refractivity contribution is -0.140. The van der Waals surface area contributed by atoms with Crippen molar-refractivity contribution in [3.05, 3.63) is 70.3 Å². The number of ketones is 1. The van der Waals surface area contributed by atoms with Gasteiger partial charge in [-0.15, -0.1) is 0 Å². The number of aliphatic hydroxyl groups is 1. The Labute approximate surface area is 196 Å². The molecule has 0 bridgehead atoms. The fourth-order valence-electron chi connectivity index (χ4n) is 4.26. The van der Waals surface area contributed by atoms with Gasteiger partial charge in [0.05, 0.1) is 18.2 Å². The molecule has 0 aromatic heterocycles. The highest BCUT2D eigenvalue weighted by atomic mass is 16.5. The molecule has 33 heavy (non-hydrogen) atoms. The van der Waals surface area contributed by atoms with Gasteiger partial charge in [-0.05, 0) is 63.2 Å². The summed E-state index contributed by atoms with van der Waals surface area (Å²) < 4.78 is 5.60. The Bertz CT molecular complexity index is 1040. The fourth-order valence-corrected chi connectivity index (χ4v) is 4.26. The van der Waals surface area contributed by atoms with Crippen molar-refractivity contribution in [1.29, 1.82) is 0 Å². The fraction of sp³-hybridized carbons (Fsp3) is 0.407.